The maximum absolute atomic E-state index is 12.1. The highest BCUT2D eigenvalue weighted by molar-refractivity contribution is 5.68. The molecule has 11 nitrogen and oxygen atoms in total. The Morgan fingerprint density at radius 1 is 0.762 bits per heavy atom. The zero-order valence-corrected chi connectivity index (χ0v) is 24.9. The highest BCUT2D eigenvalue weighted by Crippen LogP contribution is 2.29. The summed E-state index contributed by atoms with van der Waals surface area (Å²) in [4.78, 5) is 30.3. The van der Waals surface area contributed by atoms with E-state index >= 15 is 0 Å². The molecule has 0 atom stereocenters. The Hall–Kier alpha value is -3.79. The molecule has 0 unspecified atom stereocenters. The second-order valence-corrected chi connectivity index (χ2v) is 10.6. The molecule has 2 fully saturated rings. The fourth-order valence-corrected chi connectivity index (χ4v) is 5.10. The summed E-state index contributed by atoms with van der Waals surface area (Å²) < 4.78 is 21.8. The first-order chi connectivity index (χ1) is 20.4. The van der Waals surface area contributed by atoms with E-state index in [0.29, 0.717) is 45.6 Å². The minimum absolute atomic E-state index is 0.0593. The van der Waals surface area contributed by atoms with Crippen LogP contribution in [0, 0.1) is 0 Å². The number of azide groups is 1. The van der Waals surface area contributed by atoms with E-state index in [9.17, 15) is 9.59 Å². The molecule has 2 aliphatic heterocycles. The summed E-state index contributed by atoms with van der Waals surface area (Å²) in [6.07, 6.45) is 3.44. The third kappa shape index (κ3) is 9.65. The van der Waals surface area contributed by atoms with Crippen LogP contribution >= 0.6 is 0 Å². The third-order valence-electron chi connectivity index (χ3n) is 8.21. The van der Waals surface area contributed by atoms with Crippen LogP contribution in [0.15, 0.2) is 65.8 Å². The molecule has 0 bridgehead atoms. The van der Waals surface area contributed by atoms with Crippen molar-refractivity contribution in [3.8, 4) is 0 Å². The number of hydrogen-bond donors (Lipinski definition) is 0. The summed E-state index contributed by atoms with van der Waals surface area (Å²) in [5.74, 6) is 0. The molecule has 42 heavy (non-hydrogen) atoms. The van der Waals surface area contributed by atoms with E-state index in [4.69, 9.17) is 24.5 Å². The Balaban J connectivity index is 0.000000231. The van der Waals surface area contributed by atoms with Crippen molar-refractivity contribution in [3.05, 3.63) is 82.2 Å². The second-order valence-electron chi connectivity index (χ2n) is 10.6. The predicted octanol–water partition coefficient (Wildman–Crippen LogP) is 6.33. The number of ether oxygens (including phenoxy) is 4. The number of piperidine rings is 2. The van der Waals surface area contributed by atoms with Crippen LogP contribution in [0.2, 0.25) is 0 Å². The Morgan fingerprint density at radius 3 is 1.52 bits per heavy atom. The van der Waals surface area contributed by atoms with Gasteiger partial charge < -0.3 is 28.7 Å². The van der Waals surface area contributed by atoms with Gasteiger partial charge in [-0.25, -0.2) is 9.59 Å². The van der Waals surface area contributed by atoms with Gasteiger partial charge in [0.25, 0.3) is 0 Å². The first kappa shape index (κ1) is 32.7. The Bertz CT molecular complexity index is 1140. The molecular formula is C31H43N5O6. The van der Waals surface area contributed by atoms with Crippen molar-refractivity contribution in [2.75, 3.05) is 46.9 Å². The molecule has 2 heterocycles. The Kier molecular flexibility index (Phi) is 12.9. The van der Waals surface area contributed by atoms with E-state index in [0.717, 1.165) is 30.4 Å². The molecule has 4 rings (SSSR count). The number of benzene rings is 2. The summed E-state index contributed by atoms with van der Waals surface area (Å²) in [5, 5.41) is 3.61. The third-order valence-corrected chi connectivity index (χ3v) is 8.21. The molecule has 2 aromatic rings. The van der Waals surface area contributed by atoms with Crippen molar-refractivity contribution in [1.29, 1.82) is 0 Å². The summed E-state index contributed by atoms with van der Waals surface area (Å²) in [6.45, 7) is 5.49. The fourth-order valence-electron chi connectivity index (χ4n) is 5.10. The lowest BCUT2D eigenvalue weighted by Crippen LogP contribution is -2.49. The van der Waals surface area contributed by atoms with Gasteiger partial charge >= 0.3 is 12.2 Å². The van der Waals surface area contributed by atoms with Crippen molar-refractivity contribution < 1.29 is 28.5 Å². The molecule has 0 saturated carbocycles. The second kappa shape index (κ2) is 16.6. The largest absolute Gasteiger partial charge is 0.445 e. The number of nitrogens with zero attached hydrogens (tertiary/aromatic N) is 5. The van der Waals surface area contributed by atoms with Crippen molar-refractivity contribution in [2.24, 2.45) is 5.11 Å². The van der Waals surface area contributed by atoms with Crippen molar-refractivity contribution in [2.45, 2.75) is 63.4 Å². The number of amides is 2. The van der Waals surface area contributed by atoms with Gasteiger partial charge in [0, 0.05) is 45.3 Å². The molecule has 0 aliphatic carbocycles. The van der Waals surface area contributed by atoms with Gasteiger partial charge in [0.1, 0.15) is 13.2 Å². The molecule has 2 aromatic carbocycles. The number of methoxy groups -OCH3 is 2. The van der Waals surface area contributed by atoms with Gasteiger partial charge in [-0.3, -0.25) is 0 Å². The Morgan fingerprint density at radius 2 is 1.17 bits per heavy atom. The number of carbonyl (C=O) groups excluding carboxylic acids is 2. The van der Waals surface area contributed by atoms with E-state index < -0.39 is 5.60 Å². The molecule has 2 aliphatic rings. The highest BCUT2D eigenvalue weighted by atomic mass is 16.6. The molecule has 228 valence electrons. The van der Waals surface area contributed by atoms with E-state index in [-0.39, 0.29) is 30.9 Å². The molecule has 2 saturated heterocycles. The van der Waals surface area contributed by atoms with Crippen LogP contribution in [0.1, 0.15) is 50.2 Å². The van der Waals surface area contributed by atoms with Gasteiger partial charge in [0.2, 0.25) is 0 Å². The molecule has 0 spiro atoms. The number of hydrogen-bond acceptors (Lipinski definition) is 7. The minimum Gasteiger partial charge on any atom is -0.445 e. The standard InChI is InChI=1S/C16H23NO3.C15H20N4O3/c1-3-16(19-2)9-11-17(12-10-16)15(18)20-13-14-7-5-4-6-8-14;1-21-15(12-17-18-16)7-9-19(10-8-15)14(20)22-11-13-5-3-2-4-6-13/h4-8H,3,9-13H2,1-2H3;2-6H,7-12H2,1H3. The van der Waals surface area contributed by atoms with Crippen molar-refractivity contribution in [3.63, 3.8) is 0 Å². The highest BCUT2D eigenvalue weighted by Gasteiger charge is 2.36. The first-order valence-corrected chi connectivity index (χ1v) is 14.4. The maximum Gasteiger partial charge on any atom is 0.410 e. The molecule has 0 aromatic heterocycles. The van der Waals surface area contributed by atoms with Crippen LogP contribution in [0.4, 0.5) is 9.59 Å². The van der Waals surface area contributed by atoms with Gasteiger partial charge in [-0.05, 0) is 48.8 Å². The minimum atomic E-state index is -0.470. The van der Waals surface area contributed by atoms with E-state index in [1.165, 1.54) is 0 Å². The van der Waals surface area contributed by atoms with E-state index in [1.54, 1.807) is 24.0 Å². The van der Waals surface area contributed by atoms with E-state index in [1.807, 2.05) is 60.7 Å². The molecule has 0 radical (unpaired) electrons. The van der Waals surface area contributed by atoms with Gasteiger partial charge in [0.05, 0.1) is 17.7 Å². The van der Waals surface area contributed by atoms with Gasteiger partial charge in [-0.2, -0.15) is 0 Å². The van der Waals surface area contributed by atoms with Gasteiger partial charge in [-0.15, -0.1) is 0 Å². The van der Waals surface area contributed by atoms with Crippen LogP contribution in [-0.2, 0) is 32.2 Å². The number of rotatable bonds is 9. The zero-order chi connectivity index (χ0) is 30.3. The Labute approximate surface area is 248 Å². The van der Waals surface area contributed by atoms with Crippen LogP contribution in [-0.4, -0.2) is 80.1 Å². The normalized spacial score (nSPS) is 17.2. The number of carbonyl (C=O) groups is 2. The molecule has 0 N–H and O–H groups in total. The van der Waals surface area contributed by atoms with Crippen LogP contribution < -0.4 is 0 Å². The van der Waals surface area contributed by atoms with Crippen molar-refractivity contribution >= 4 is 12.2 Å². The monoisotopic (exact) mass is 581 g/mol. The summed E-state index contributed by atoms with van der Waals surface area (Å²) >= 11 is 0. The SMILES string of the molecule is CCC1(OC)CCN(C(=O)OCc2ccccc2)CC1.COC1(CN=[N+]=[N-])CCN(C(=O)OCc2ccccc2)CC1. The maximum atomic E-state index is 12.1. The quantitative estimate of drug-likeness (QED) is 0.194. The first-order valence-electron chi connectivity index (χ1n) is 14.4. The fraction of sp³-hybridized carbons (Fsp3) is 0.548. The van der Waals surface area contributed by atoms with Crippen molar-refractivity contribution in [1.82, 2.24) is 9.80 Å². The topological polar surface area (TPSA) is 126 Å². The lowest BCUT2D eigenvalue weighted by molar-refractivity contribution is -0.0575. The number of likely N-dealkylation sites (tertiary alicyclic amines) is 2. The van der Waals surface area contributed by atoms with E-state index in [2.05, 4.69) is 16.9 Å². The molecule has 2 amide bonds. The molecule has 11 heteroatoms. The van der Waals surface area contributed by atoms with Gasteiger partial charge in [0.15, 0.2) is 0 Å². The predicted molar refractivity (Wildman–Crippen MR) is 159 cm³/mol. The van der Waals surface area contributed by atoms with Crippen LogP contribution in [0.5, 0.6) is 0 Å². The summed E-state index contributed by atoms with van der Waals surface area (Å²) in [5.41, 5.74) is 9.89. The lowest BCUT2D eigenvalue weighted by Gasteiger charge is -2.39. The molecular weight excluding hydrogens is 538 g/mol. The van der Waals surface area contributed by atoms with Gasteiger partial charge in [-0.1, -0.05) is 72.7 Å². The van der Waals surface area contributed by atoms with Crippen LogP contribution in [0.25, 0.3) is 10.4 Å². The lowest BCUT2D eigenvalue weighted by atomic mass is 9.89. The average molecular weight is 582 g/mol. The summed E-state index contributed by atoms with van der Waals surface area (Å²) in [6, 6.07) is 19.3. The average Bonchev–Trinajstić information content (AvgIpc) is 3.06. The zero-order valence-electron chi connectivity index (χ0n) is 24.9. The summed E-state index contributed by atoms with van der Waals surface area (Å²) in [7, 11) is 3.36. The van der Waals surface area contributed by atoms with Crippen LogP contribution in [0.3, 0.4) is 0 Å². The smallest absolute Gasteiger partial charge is 0.410 e.